The molecule has 3 heterocycles. The van der Waals surface area contributed by atoms with Gasteiger partial charge in [-0.3, -0.25) is 0 Å². The van der Waals surface area contributed by atoms with E-state index in [0.29, 0.717) is 5.89 Å². The quantitative estimate of drug-likeness (QED) is 0.196. The second kappa shape index (κ2) is 9.93. The van der Waals surface area contributed by atoms with E-state index in [9.17, 15) is 0 Å². The Hall–Kier alpha value is -6.65. The van der Waals surface area contributed by atoms with Gasteiger partial charge >= 0.3 is 0 Å². The molecule has 0 saturated heterocycles. The van der Waals surface area contributed by atoms with Crippen molar-refractivity contribution in [3.05, 3.63) is 158 Å². The van der Waals surface area contributed by atoms with Gasteiger partial charge in [-0.25, -0.2) is 4.98 Å². The molecule has 0 amide bonds. The molecule has 4 heteroatoms. The molecule has 49 heavy (non-hydrogen) atoms. The molecule has 0 aliphatic heterocycles. The van der Waals surface area contributed by atoms with E-state index in [-0.39, 0.29) is 0 Å². The molecular formula is C45H26N2O2. The van der Waals surface area contributed by atoms with Gasteiger partial charge in [-0.05, 0) is 93.3 Å². The van der Waals surface area contributed by atoms with E-state index in [1.165, 1.54) is 43.4 Å². The highest BCUT2D eigenvalue weighted by Gasteiger charge is 2.19. The Balaban J connectivity index is 1.08. The van der Waals surface area contributed by atoms with Gasteiger partial charge in [0.15, 0.2) is 5.58 Å². The highest BCUT2D eigenvalue weighted by atomic mass is 16.4. The Morgan fingerprint density at radius 2 is 1.06 bits per heavy atom. The maximum Gasteiger partial charge on any atom is 0.227 e. The van der Waals surface area contributed by atoms with Crippen molar-refractivity contribution in [1.29, 1.82) is 0 Å². The van der Waals surface area contributed by atoms with Crippen LogP contribution in [0.1, 0.15) is 0 Å². The minimum absolute atomic E-state index is 0.585. The van der Waals surface area contributed by atoms with Crippen molar-refractivity contribution in [2.45, 2.75) is 0 Å². The summed E-state index contributed by atoms with van der Waals surface area (Å²) in [6, 6.07) is 55.6. The molecule has 0 atom stereocenters. The SMILES string of the molecule is c1ccc(-c2ccc3oc4ccc5nc(-c6ccc(-n7c8ccc9ccccc9c8c8c9ccccc9ccc87)cc6)oc5c4c3c2)cc1. The second-order valence-electron chi connectivity index (χ2n) is 12.7. The van der Waals surface area contributed by atoms with Crippen LogP contribution in [0.2, 0.25) is 0 Å². The van der Waals surface area contributed by atoms with E-state index in [1.807, 2.05) is 24.3 Å². The van der Waals surface area contributed by atoms with E-state index in [4.69, 9.17) is 13.8 Å². The lowest BCUT2D eigenvalue weighted by molar-refractivity contribution is 0.622. The van der Waals surface area contributed by atoms with E-state index in [2.05, 4.69) is 138 Å². The van der Waals surface area contributed by atoms with Crippen molar-refractivity contribution in [2.75, 3.05) is 0 Å². The first-order valence-electron chi connectivity index (χ1n) is 16.5. The number of benzene rings is 8. The monoisotopic (exact) mass is 626 g/mol. The summed E-state index contributed by atoms with van der Waals surface area (Å²) in [5.41, 5.74) is 9.83. The Bertz CT molecular complexity index is 3000. The molecule has 8 aromatic carbocycles. The largest absolute Gasteiger partial charge is 0.456 e. The van der Waals surface area contributed by atoms with E-state index in [1.54, 1.807) is 0 Å². The molecule has 0 fully saturated rings. The molecule has 0 unspecified atom stereocenters. The average Bonchev–Trinajstić information content (AvgIpc) is 3.87. The molecule has 11 rings (SSSR count). The second-order valence-corrected chi connectivity index (χ2v) is 12.7. The van der Waals surface area contributed by atoms with Crippen LogP contribution >= 0.6 is 0 Å². The van der Waals surface area contributed by atoms with Crippen LogP contribution in [0.25, 0.3) is 105 Å². The standard InChI is InChI=1S/C45H26N2O2/c1-2-8-27(9-3-1)31-18-24-39-35(26-31)43-40(48-39)25-21-36-44(43)49-45(46-36)30-14-19-32(20-15-30)47-37-22-16-28-10-4-6-12-33(28)41(37)42-34-13-7-5-11-29(34)17-23-38(42)47/h1-26H. The molecule has 0 aliphatic rings. The predicted octanol–water partition coefficient (Wildman–Crippen LogP) is 12.5. The van der Waals surface area contributed by atoms with E-state index < -0.39 is 0 Å². The fraction of sp³-hybridized carbons (Fsp3) is 0. The fourth-order valence-electron chi connectivity index (χ4n) is 7.76. The van der Waals surface area contributed by atoms with Crippen molar-refractivity contribution in [3.63, 3.8) is 0 Å². The lowest BCUT2D eigenvalue weighted by Gasteiger charge is -2.09. The number of rotatable bonds is 3. The normalized spacial score (nSPS) is 12.1. The van der Waals surface area contributed by atoms with Crippen molar-refractivity contribution in [2.24, 2.45) is 0 Å². The van der Waals surface area contributed by atoms with Gasteiger partial charge < -0.3 is 13.4 Å². The van der Waals surface area contributed by atoms with Crippen molar-refractivity contribution >= 4 is 76.4 Å². The molecule has 11 aromatic rings. The summed E-state index contributed by atoms with van der Waals surface area (Å²) in [5, 5.41) is 9.53. The van der Waals surface area contributed by atoms with Gasteiger partial charge in [0.1, 0.15) is 16.7 Å². The van der Waals surface area contributed by atoms with Crippen molar-refractivity contribution in [1.82, 2.24) is 9.55 Å². The molecule has 228 valence electrons. The molecule has 0 spiro atoms. The average molecular weight is 627 g/mol. The maximum absolute atomic E-state index is 6.57. The first-order valence-corrected chi connectivity index (χ1v) is 16.5. The highest BCUT2D eigenvalue weighted by Crippen LogP contribution is 2.42. The number of hydrogen-bond donors (Lipinski definition) is 0. The van der Waals surface area contributed by atoms with Crippen LogP contribution < -0.4 is 0 Å². The zero-order valence-electron chi connectivity index (χ0n) is 26.2. The molecule has 0 bridgehead atoms. The first kappa shape index (κ1) is 26.4. The summed E-state index contributed by atoms with van der Waals surface area (Å²) >= 11 is 0. The summed E-state index contributed by atoms with van der Waals surface area (Å²) in [4.78, 5) is 4.95. The van der Waals surface area contributed by atoms with Crippen LogP contribution in [0.5, 0.6) is 0 Å². The van der Waals surface area contributed by atoms with Gasteiger partial charge in [0.05, 0.1) is 16.4 Å². The Morgan fingerprint density at radius 1 is 0.429 bits per heavy atom. The summed E-state index contributed by atoms with van der Waals surface area (Å²) in [5.74, 6) is 0.585. The number of hydrogen-bond acceptors (Lipinski definition) is 3. The molecule has 4 nitrogen and oxygen atoms in total. The van der Waals surface area contributed by atoms with Crippen LogP contribution in [-0.2, 0) is 0 Å². The summed E-state index contributed by atoms with van der Waals surface area (Å²) in [6.07, 6.45) is 0. The van der Waals surface area contributed by atoms with Gasteiger partial charge in [0, 0.05) is 27.4 Å². The summed E-state index contributed by atoms with van der Waals surface area (Å²) in [6.45, 7) is 0. The smallest absolute Gasteiger partial charge is 0.227 e. The van der Waals surface area contributed by atoms with Gasteiger partial charge in [-0.15, -0.1) is 0 Å². The lowest BCUT2D eigenvalue weighted by Crippen LogP contribution is -1.94. The zero-order valence-corrected chi connectivity index (χ0v) is 26.2. The minimum atomic E-state index is 0.585. The van der Waals surface area contributed by atoms with Crippen molar-refractivity contribution in [3.8, 4) is 28.3 Å². The fourth-order valence-corrected chi connectivity index (χ4v) is 7.76. The van der Waals surface area contributed by atoms with E-state index >= 15 is 0 Å². The van der Waals surface area contributed by atoms with Crippen LogP contribution in [0, 0.1) is 0 Å². The topological polar surface area (TPSA) is 44.1 Å². The molecule has 0 aliphatic carbocycles. The Morgan fingerprint density at radius 3 is 1.78 bits per heavy atom. The molecule has 3 aromatic heterocycles. The van der Waals surface area contributed by atoms with E-state index in [0.717, 1.165) is 55.4 Å². The third kappa shape index (κ3) is 3.83. The summed E-state index contributed by atoms with van der Waals surface area (Å²) in [7, 11) is 0. The number of aromatic nitrogens is 2. The molecule has 0 radical (unpaired) electrons. The number of oxazole rings is 1. The third-order valence-corrected chi connectivity index (χ3v) is 10.0. The third-order valence-electron chi connectivity index (χ3n) is 10.0. The first-order chi connectivity index (χ1) is 24.3. The van der Waals surface area contributed by atoms with Gasteiger partial charge in [-0.2, -0.15) is 0 Å². The van der Waals surface area contributed by atoms with Gasteiger partial charge in [0.25, 0.3) is 0 Å². The maximum atomic E-state index is 6.57. The number of fused-ring (bicyclic) bond motifs is 12. The van der Waals surface area contributed by atoms with Crippen LogP contribution in [0.3, 0.4) is 0 Å². The number of nitrogens with zero attached hydrogens (tertiary/aromatic N) is 2. The Kier molecular flexibility index (Phi) is 5.35. The number of furan rings is 1. The highest BCUT2D eigenvalue weighted by molar-refractivity contribution is 6.28. The predicted molar refractivity (Wildman–Crippen MR) is 202 cm³/mol. The van der Waals surface area contributed by atoms with Gasteiger partial charge in [-0.1, -0.05) is 97.1 Å². The Labute approximate surface area is 280 Å². The van der Waals surface area contributed by atoms with Crippen molar-refractivity contribution < 1.29 is 8.83 Å². The zero-order chi connectivity index (χ0) is 32.1. The minimum Gasteiger partial charge on any atom is -0.456 e. The summed E-state index contributed by atoms with van der Waals surface area (Å²) < 4.78 is 15.2. The van der Waals surface area contributed by atoms with Gasteiger partial charge in [0.2, 0.25) is 5.89 Å². The molecule has 0 N–H and O–H groups in total. The molecule has 0 saturated carbocycles. The van der Waals surface area contributed by atoms with Crippen LogP contribution in [0.4, 0.5) is 0 Å². The van der Waals surface area contributed by atoms with Crippen LogP contribution in [0.15, 0.2) is 167 Å². The molecular weight excluding hydrogens is 601 g/mol. The van der Waals surface area contributed by atoms with Crippen LogP contribution in [-0.4, -0.2) is 9.55 Å². The lowest BCUT2D eigenvalue weighted by atomic mass is 10.00.